The van der Waals surface area contributed by atoms with Crippen molar-refractivity contribution < 1.29 is 9.53 Å². The minimum Gasteiger partial charge on any atom is -0.494 e. The van der Waals surface area contributed by atoms with Gasteiger partial charge >= 0.3 is 0 Å². The van der Waals surface area contributed by atoms with Crippen LogP contribution in [-0.2, 0) is 11.3 Å². The van der Waals surface area contributed by atoms with Gasteiger partial charge in [0, 0.05) is 67.5 Å². The van der Waals surface area contributed by atoms with Crippen LogP contribution in [0.1, 0.15) is 19.4 Å². The van der Waals surface area contributed by atoms with Gasteiger partial charge in [0.2, 0.25) is 5.91 Å². The van der Waals surface area contributed by atoms with Crippen LogP contribution in [0.3, 0.4) is 0 Å². The summed E-state index contributed by atoms with van der Waals surface area (Å²) < 4.78 is 5.56. The number of hydrogen-bond donors (Lipinski definition) is 2. The number of aromatic amines is 1. The number of anilines is 2. The number of aromatic nitrogens is 1. The van der Waals surface area contributed by atoms with E-state index in [1.54, 1.807) is 6.92 Å². The largest absolute Gasteiger partial charge is 0.494 e. The van der Waals surface area contributed by atoms with Gasteiger partial charge in [-0.15, -0.1) is 0 Å². The minimum atomic E-state index is -0.0934. The van der Waals surface area contributed by atoms with E-state index in [0.29, 0.717) is 18.7 Å². The second-order valence-electron chi connectivity index (χ2n) is 7.70. The van der Waals surface area contributed by atoms with Gasteiger partial charge in [-0.2, -0.15) is 0 Å². The van der Waals surface area contributed by atoms with Gasteiger partial charge in [-0.05, 0) is 55.5 Å². The Morgan fingerprint density at radius 1 is 1.06 bits per heavy atom. The van der Waals surface area contributed by atoms with Crippen LogP contribution in [0.4, 0.5) is 11.4 Å². The Morgan fingerprint density at radius 2 is 1.81 bits per heavy atom. The van der Waals surface area contributed by atoms with Gasteiger partial charge in [-0.3, -0.25) is 9.59 Å². The number of hydrogen-bond acceptors (Lipinski definition) is 5. The van der Waals surface area contributed by atoms with Crippen LogP contribution in [0, 0.1) is 0 Å². The average molecular weight is 421 g/mol. The molecule has 162 valence electrons. The van der Waals surface area contributed by atoms with E-state index >= 15 is 0 Å². The highest BCUT2D eigenvalue weighted by molar-refractivity contribution is 5.80. The van der Waals surface area contributed by atoms with Crippen molar-refractivity contribution in [2.45, 2.75) is 20.4 Å². The van der Waals surface area contributed by atoms with E-state index in [9.17, 15) is 9.59 Å². The van der Waals surface area contributed by atoms with E-state index in [1.807, 2.05) is 48.2 Å². The zero-order valence-corrected chi connectivity index (χ0v) is 18.0. The minimum absolute atomic E-state index is 0.0934. The van der Waals surface area contributed by atoms with Crippen LogP contribution in [0.25, 0.3) is 10.9 Å². The number of rotatable bonds is 6. The summed E-state index contributed by atoms with van der Waals surface area (Å²) in [5.74, 6) is 0.928. The van der Waals surface area contributed by atoms with Crippen molar-refractivity contribution in [2.75, 3.05) is 43.0 Å². The normalized spacial score (nSPS) is 14.0. The smallest absolute Gasteiger partial charge is 0.253 e. The predicted octanol–water partition coefficient (Wildman–Crippen LogP) is 3.21. The van der Waals surface area contributed by atoms with Crippen molar-refractivity contribution in [2.24, 2.45) is 0 Å². The van der Waals surface area contributed by atoms with Gasteiger partial charge in [0.1, 0.15) is 5.75 Å². The number of piperazine rings is 1. The number of H-pyrrole nitrogens is 1. The van der Waals surface area contributed by atoms with Crippen LogP contribution >= 0.6 is 0 Å². The first kappa shape index (κ1) is 20.8. The molecule has 7 heteroatoms. The first-order chi connectivity index (χ1) is 15.0. The Bertz CT molecular complexity index is 1120. The van der Waals surface area contributed by atoms with Crippen LogP contribution in [0.5, 0.6) is 5.75 Å². The van der Waals surface area contributed by atoms with E-state index in [0.717, 1.165) is 54.2 Å². The monoisotopic (exact) mass is 420 g/mol. The third kappa shape index (κ3) is 4.82. The highest BCUT2D eigenvalue weighted by Crippen LogP contribution is 2.21. The summed E-state index contributed by atoms with van der Waals surface area (Å²) in [6, 6.07) is 15.8. The number of benzene rings is 2. The topological polar surface area (TPSA) is 77.7 Å². The zero-order valence-electron chi connectivity index (χ0n) is 18.0. The summed E-state index contributed by atoms with van der Waals surface area (Å²) in [6.07, 6.45) is 0. The zero-order chi connectivity index (χ0) is 21.8. The van der Waals surface area contributed by atoms with Gasteiger partial charge in [-0.1, -0.05) is 0 Å². The number of carbonyl (C=O) groups excluding carboxylic acids is 1. The van der Waals surface area contributed by atoms with Gasteiger partial charge < -0.3 is 24.8 Å². The molecular weight excluding hydrogens is 392 g/mol. The summed E-state index contributed by atoms with van der Waals surface area (Å²) in [7, 11) is 0. The summed E-state index contributed by atoms with van der Waals surface area (Å²) in [5.41, 5.74) is 3.47. The highest BCUT2D eigenvalue weighted by atomic mass is 16.5. The molecular formula is C24H28N4O3. The Balaban J connectivity index is 1.41. The second kappa shape index (κ2) is 9.12. The van der Waals surface area contributed by atoms with Crippen molar-refractivity contribution in [3.63, 3.8) is 0 Å². The molecule has 1 aromatic heterocycles. The van der Waals surface area contributed by atoms with Gasteiger partial charge in [0.05, 0.1) is 6.61 Å². The standard InChI is InChI=1S/C24H28N4O3/c1-3-31-22-8-9-23-18(15-22)14-19(24(30)26-23)16-25-20-4-6-21(7-5-20)28-12-10-27(11-13-28)17(2)29/h4-9,14-15,25H,3,10-13,16H2,1-2H3,(H,26,30). The molecule has 31 heavy (non-hydrogen) atoms. The third-order valence-electron chi connectivity index (χ3n) is 5.64. The lowest BCUT2D eigenvalue weighted by Crippen LogP contribution is -2.48. The maximum Gasteiger partial charge on any atom is 0.253 e. The molecule has 0 bridgehead atoms. The van der Waals surface area contributed by atoms with Crippen molar-refractivity contribution in [1.29, 1.82) is 0 Å². The summed E-state index contributed by atoms with van der Waals surface area (Å²) >= 11 is 0. The van der Waals surface area contributed by atoms with Crippen molar-refractivity contribution in [1.82, 2.24) is 9.88 Å². The maximum atomic E-state index is 12.4. The molecule has 0 spiro atoms. The molecule has 7 nitrogen and oxygen atoms in total. The van der Waals surface area contributed by atoms with Crippen LogP contribution in [0.2, 0.25) is 0 Å². The molecule has 0 radical (unpaired) electrons. The summed E-state index contributed by atoms with van der Waals surface area (Å²) in [6.45, 7) is 7.78. The Morgan fingerprint density at radius 3 is 2.48 bits per heavy atom. The number of nitrogens with zero attached hydrogens (tertiary/aromatic N) is 2. The maximum absolute atomic E-state index is 12.4. The molecule has 1 saturated heterocycles. The molecule has 1 aliphatic rings. The quantitative estimate of drug-likeness (QED) is 0.640. The number of amides is 1. The van der Waals surface area contributed by atoms with E-state index in [1.165, 1.54) is 0 Å². The van der Waals surface area contributed by atoms with Gasteiger partial charge in [0.15, 0.2) is 0 Å². The lowest BCUT2D eigenvalue weighted by Gasteiger charge is -2.35. The average Bonchev–Trinajstić information content (AvgIpc) is 2.78. The number of ether oxygens (including phenoxy) is 1. The fourth-order valence-electron chi connectivity index (χ4n) is 3.88. The summed E-state index contributed by atoms with van der Waals surface area (Å²) in [4.78, 5) is 31.0. The first-order valence-electron chi connectivity index (χ1n) is 10.7. The van der Waals surface area contributed by atoms with Crippen LogP contribution in [0.15, 0.2) is 53.3 Å². The van der Waals surface area contributed by atoms with Crippen molar-refractivity contribution in [3.8, 4) is 5.75 Å². The molecule has 2 N–H and O–H groups in total. The van der Waals surface area contributed by atoms with Gasteiger partial charge in [-0.25, -0.2) is 0 Å². The fourth-order valence-corrected chi connectivity index (χ4v) is 3.88. The van der Waals surface area contributed by atoms with Crippen molar-refractivity contribution in [3.05, 3.63) is 64.4 Å². The van der Waals surface area contributed by atoms with Crippen LogP contribution < -0.4 is 20.5 Å². The molecule has 0 saturated carbocycles. The first-order valence-corrected chi connectivity index (χ1v) is 10.7. The number of fused-ring (bicyclic) bond motifs is 1. The molecule has 2 heterocycles. The fraction of sp³-hybridized carbons (Fsp3) is 0.333. The molecule has 0 atom stereocenters. The Kier molecular flexibility index (Phi) is 6.11. The van der Waals surface area contributed by atoms with Gasteiger partial charge in [0.25, 0.3) is 5.56 Å². The number of carbonyl (C=O) groups is 1. The molecule has 1 fully saturated rings. The molecule has 0 unspecified atom stereocenters. The third-order valence-corrected chi connectivity index (χ3v) is 5.64. The Hall–Kier alpha value is -3.48. The SMILES string of the molecule is CCOc1ccc2[nH]c(=O)c(CNc3ccc(N4CCN(C(C)=O)CC4)cc3)cc2c1. The van der Waals surface area contributed by atoms with E-state index < -0.39 is 0 Å². The van der Waals surface area contributed by atoms with Crippen molar-refractivity contribution >= 4 is 28.2 Å². The molecule has 0 aliphatic carbocycles. The number of nitrogens with one attached hydrogen (secondary N) is 2. The molecule has 1 amide bonds. The Labute approximate surface area is 181 Å². The molecule has 1 aliphatic heterocycles. The highest BCUT2D eigenvalue weighted by Gasteiger charge is 2.18. The van der Waals surface area contributed by atoms with E-state index in [-0.39, 0.29) is 11.5 Å². The molecule has 2 aromatic carbocycles. The second-order valence-corrected chi connectivity index (χ2v) is 7.70. The van der Waals surface area contributed by atoms with E-state index in [4.69, 9.17) is 4.74 Å². The summed E-state index contributed by atoms with van der Waals surface area (Å²) in [5, 5.41) is 4.28. The molecule has 4 rings (SSSR count). The lowest BCUT2D eigenvalue weighted by molar-refractivity contribution is -0.129. The lowest BCUT2D eigenvalue weighted by atomic mass is 10.1. The molecule has 3 aromatic rings. The predicted molar refractivity (Wildman–Crippen MR) is 124 cm³/mol. The van der Waals surface area contributed by atoms with E-state index in [2.05, 4.69) is 27.3 Å². The number of pyridine rings is 1. The van der Waals surface area contributed by atoms with Crippen LogP contribution in [-0.4, -0.2) is 48.6 Å².